The van der Waals surface area contributed by atoms with Crippen LogP contribution < -0.4 is 0 Å². The smallest absolute Gasteiger partial charge is 0.335 e. The van der Waals surface area contributed by atoms with Crippen LogP contribution in [0.25, 0.3) is 22.3 Å². The highest BCUT2D eigenvalue weighted by Crippen LogP contribution is 2.19. The van der Waals surface area contributed by atoms with Crippen molar-refractivity contribution in [2.24, 2.45) is 0 Å². The molecule has 0 fully saturated rings. The van der Waals surface area contributed by atoms with Crippen LogP contribution in [0.15, 0.2) is 54.7 Å². The molecule has 1 heterocycles. The Hall–Kier alpha value is -2.75. The molecule has 0 aliphatic heterocycles. The SMILES string of the molecule is O=C(O)c1ccc(-c2cnc3ccccc3n2)cc1. The molecular formula is C15H10N2O2. The third kappa shape index (κ3) is 2.15. The van der Waals surface area contributed by atoms with Crippen LogP contribution in [0.2, 0.25) is 0 Å². The van der Waals surface area contributed by atoms with E-state index in [1.807, 2.05) is 24.3 Å². The van der Waals surface area contributed by atoms with Gasteiger partial charge in [0.2, 0.25) is 0 Å². The maximum Gasteiger partial charge on any atom is 0.335 e. The number of rotatable bonds is 2. The molecular weight excluding hydrogens is 240 g/mol. The molecule has 4 heteroatoms. The summed E-state index contributed by atoms with van der Waals surface area (Å²) in [6.45, 7) is 0. The first-order chi connectivity index (χ1) is 9.24. The van der Waals surface area contributed by atoms with Gasteiger partial charge in [-0.15, -0.1) is 0 Å². The third-order valence-electron chi connectivity index (χ3n) is 2.88. The van der Waals surface area contributed by atoms with Gasteiger partial charge in [0.25, 0.3) is 0 Å². The lowest BCUT2D eigenvalue weighted by Gasteiger charge is -2.03. The number of nitrogens with zero attached hydrogens (tertiary/aromatic N) is 2. The van der Waals surface area contributed by atoms with E-state index in [0.717, 1.165) is 22.3 Å². The summed E-state index contributed by atoms with van der Waals surface area (Å²) in [5, 5.41) is 8.86. The molecule has 3 aromatic rings. The van der Waals surface area contributed by atoms with Crippen molar-refractivity contribution in [1.82, 2.24) is 9.97 Å². The molecule has 0 unspecified atom stereocenters. The van der Waals surface area contributed by atoms with Crippen molar-refractivity contribution in [3.05, 3.63) is 60.3 Å². The van der Waals surface area contributed by atoms with E-state index in [2.05, 4.69) is 9.97 Å². The Balaban J connectivity index is 2.06. The van der Waals surface area contributed by atoms with Gasteiger partial charge in [-0.3, -0.25) is 4.98 Å². The van der Waals surface area contributed by atoms with Crippen molar-refractivity contribution >= 4 is 17.0 Å². The maximum absolute atomic E-state index is 10.8. The lowest BCUT2D eigenvalue weighted by Crippen LogP contribution is -1.95. The van der Waals surface area contributed by atoms with Crippen molar-refractivity contribution in [2.45, 2.75) is 0 Å². The number of aromatic nitrogens is 2. The standard InChI is InChI=1S/C15H10N2O2/c18-15(19)11-7-5-10(6-8-11)14-9-16-12-3-1-2-4-13(12)17-14/h1-9H,(H,18,19). The number of carboxylic acid groups (broad SMARTS) is 1. The van der Waals surface area contributed by atoms with Crippen LogP contribution in [0.4, 0.5) is 0 Å². The second kappa shape index (κ2) is 4.49. The summed E-state index contributed by atoms with van der Waals surface area (Å²) in [7, 11) is 0. The van der Waals surface area contributed by atoms with Crippen molar-refractivity contribution in [2.75, 3.05) is 0 Å². The molecule has 2 aromatic carbocycles. The summed E-state index contributed by atoms with van der Waals surface area (Å²) in [6.07, 6.45) is 1.69. The van der Waals surface area contributed by atoms with Gasteiger partial charge >= 0.3 is 5.97 Å². The molecule has 3 rings (SSSR count). The van der Waals surface area contributed by atoms with E-state index in [1.54, 1.807) is 30.5 Å². The Morgan fingerprint density at radius 1 is 0.947 bits per heavy atom. The molecule has 0 aliphatic carbocycles. The fourth-order valence-corrected chi connectivity index (χ4v) is 1.88. The van der Waals surface area contributed by atoms with Gasteiger partial charge in [-0.25, -0.2) is 9.78 Å². The minimum Gasteiger partial charge on any atom is -0.478 e. The zero-order valence-electron chi connectivity index (χ0n) is 9.95. The highest BCUT2D eigenvalue weighted by Gasteiger charge is 2.05. The van der Waals surface area contributed by atoms with E-state index in [1.165, 1.54) is 0 Å². The second-order valence-corrected chi connectivity index (χ2v) is 4.13. The molecule has 1 N–H and O–H groups in total. The first kappa shape index (κ1) is 11.3. The molecule has 1 aromatic heterocycles. The van der Waals surface area contributed by atoms with Crippen LogP contribution in [0.3, 0.4) is 0 Å². The predicted octanol–water partition coefficient (Wildman–Crippen LogP) is 3.00. The van der Waals surface area contributed by atoms with Crippen LogP contribution in [0, 0.1) is 0 Å². The molecule has 0 aliphatic rings. The lowest BCUT2D eigenvalue weighted by atomic mass is 10.1. The van der Waals surface area contributed by atoms with Crippen LogP contribution in [-0.2, 0) is 0 Å². The molecule has 0 spiro atoms. The van der Waals surface area contributed by atoms with Gasteiger partial charge in [0.15, 0.2) is 0 Å². The molecule has 0 amide bonds. The van der Waals surface area contributed by atoms with Crippen molar-refractivity contribution in [3.63, 3.8) is 0 Å². The molecule has 19 heavy (non-hydrogen) atoms. The van der Waals surface area contributed by atoms with E-state index in [-0.39, 0.29) is 5.56 Å². The molecule has 0 radical (unpaired) electrons. The Labute approximate surface area is 109 Å². The normalized spacial score (nSPS) is 10.5. The number of hydrogen-bond acceptors (Lipinski definition) is 3. The summed E-state index contributed by atoms with van der Waals surface area (Å²) in [4.78, 5) is 19.6. The highest BCUT2D eigenvalue weighted by atomic mass is 16.4. The topological polar surface area (TPSA) is 63.1 Å². The van der Waals surface area contributed by atoms with E-state index in [0.29, 0.717) is 0 Å². The molecule has 0 saturated carbocycles. The van der Waals surface area contributed by atoms with E-state index < -0.39 is 5.97 Å². The predicted molar refractivity (Wildman–Crippen MR) is 71.9 cm³/mol. The zero-order chi connectivity index (χ0) is 13.2. The average molecular weight is 250 g/mol. The fraction of sp³-hybridized carbons (Fsp3) is 0. The highest BCUT2D eigenvalue weighted by molar-refractivity contribution is 5.88. The molecule has 0 saturated heterocycles. The maximum atomic E-state index is 10.8. The van der Waals surface area contributed by atoms with Gasteiger partial charge in [0, 0.05) is 5.56 Å². The zero-order valence-corrected chi connectivity index (χ0v) is 9.95. The van der Waals surface area contributed by atoms with Gasteiger partial charge in [0.1, 0.15) is 0 Å². The third-order valence-corrected chi connectivity index (χ3v) is 2.88. The molecule has 4 nitrogen and oxygen atoms in total. The van der Waals surface area contributed by atoms with Crippen molar-refractivity contribution in [3.8, 4) is 11.3 Å². The lowest BCUT2D eigenvalue weighted by molar-refractivity contribution is 0.0697. The summed E-state index contributed by atoms with van der Waals surface area (Å²) in [5.74, 6) is -0.934. The Bertz CT molecular complexity index is 751. The van der Waals surface area contributed by atoms with Crippen molar-refractivity contribution in [1.29, 1.82) is 0 Å². The Kier molecular flexibility index (Phi) is 2.68. The number of para-hydroxylation sites is 2. The minimum absolute atomic E-state index is 0.262. The summed E-state index contributed by atoms with van der Waals surface area (Å²) >= 11 is 0. The van der Waals surface area contributed by atoms with E-state index in [4.69, 9.17) is 5.11 Å². The average Bonchev–Trinajstić information content (AvgIpc) is 2.47. The van der Waals surface area contributed by atoms with E-state index in [9.17, 15) is 4.79 Å². The number of carbonyl (C=O) groups is 1. The summed E-state index contributed by atoms with van der Waals surface area (Å²) < 4.78 is 0. The minimum atomic E-state index is -0.934. The number of hydrogen-bond donors (Lipinski definition) is 1. The number of benzene rings is 2. The summed E-state index contributed by atoms with van der Waals surface area (Å²) in [6, 6.07) is 14.2. The first-order valence-corrected chi connectivity index (χ1v) is 5.79. The van der Waals surface area contributed by atoms with Gasteiger partial charge < -0.3 is 5.11 Å². The fourth-order valence-electron chi connectivity index (χ4n) is 1.88. The van der Waals surface area contributed by atoms with Crippen LogP contribution >= 0.6 is 0 Å². The first-order valence-electron chi connectivity index (χ1n) is 5.79. The number of carboxylic acids is 1. The molecule has 0 bridgehead atoms. The van der Waals surface area contributed by atoms with E-state index >= 15 is 0 Å². The van der Waals surface area contributed by atoms with Gasteiger partial charge in [-0.1, -0.05) is 24.3 Å². The quantitative estimate of drug-likeness (QED) is 0.759. The Morgan fingerprint density at radius 3 is 2.32 bits per heavy atom. The number of aromatic carboxylic acids is 1. The van der Waals surface area contributed by atoms with Crippen LogP contribution in [0.5, 0.6) is 0 Å². The number of fused-ring (bicyclic) bond motifs is 1. The summed E-state index contributed by atoms with van der Waals surface area (Å²) in [5.41, 5.74) is 3.51. The largest absolute Gasteiger partial charge is 0.478 e. The van der Waals surface area contributed by atoms with Crippen LogP contribution in [-0.4, -0.2) is 21.0 Å². The van der Waals surface area contributed by atoms with Crippen LogP contribution in [0.1, 0.15) is 10.4 Å². The van der Waals surface area contributed by atoms with Gasteiger partial charge in [0.05, 0.1) is 28.5 Å². The van der Waals surface area contributed by atoms with Crippen molar-refractivity contribution < 1.29 is 9.90 Å². The van der Waals surface area contributed by atoms with Gasteiger partial charge in [-0.05, 0) is 24.3 Å². The molecule has 0 atom stereocenters. The second-order valence-electron chi connectivity index (χ2n) is 4.13. The molecule has 92 valence electrons. The van der Waals surface area contributed by atoms with Gasteiger partial charge in [-0.2, -0.15) is 0 Å². The Morgan fingerprint density at radius 2 is 1.63 bits per heavy atom. The monoisotopic (exact) mass is 250 g/mol.